The van der Waals surface area contributed by atoms with E-state index in [1.807, 2.05) is 0 Å². The first-order chi connectivity index (χ1) is 12.4. The standard InChI is InChI=1S/C15H17F2N3O6/c16-11-5-9(19-7-10(8-21)26-15(19)24)6-12(17)13(11)18-1-2-20(14(22)23)25-4-3-18/h5-6,10,21H,1-4,7-8H2,(H,22,23)/t10-/m1/s1. The number of hydroxylamine groups is 2. The Labute approximate surface area is 146 Å². The maximum atomic E-state index is 14.6. The summed E-state index contributed by atoms with van der Waals surface area (Å²) >= 11 is 0. The summed E-state index contributed by atoms with van der Waals surface area (Å²) in [5.74, 6) is -1.80. The molecule has 2 saturated heterocycles. The van der Waals surface area contributed by atoms with Crippen molar-refractivity contribution < 1.29 is 38.2 Å². The minimum atomic E-state index is -1.28. The van der Waals surface area contributed by atoms with Crippen molar-refractivity contribution in [2.75, 3.05) is 49.2 Å². The summed E-state index contributed by atoms with van der Waals surface area (Å²) in [4.78, 5) is 30.1. The Kier molecular flexibility index (Phi) is 5.09. The smallest absolute Gasteiger partial charge is 0.431 e. The fourth-order valence-electron chi connectivity index (χ4n) is 2.86. The zero-order valence-corrected chi connectivity index (χ0v) is 13.6. The summed E-state index contributed by atoms with van der Waals surface area (Å²) in [6.07, 6.45) is -2.83. The third-order valence-corrected chi connectivity index (χ3v) is 4.10. The number of aliphatic hydroxyl groups excluding tert-OH is 1. The topological polar surface area (TPSA) is 103 Å². The summed E-state index contributed by atoms with van der Waals surface area (Å²) in [7, 11) is 0. The van der Waals surface area contributed by atoms with E-state index in [2.05, 4.69) is 0 Å². The fourth-order valence-corrected chi connectivity index (χ4v) is 2.86. The molecule has 2 fully saturated rings. The first kappa shape index (κ1) is 18.1. The van der Waals surface area contributed by atoms with Gasteiger partial charge in [-0.2, -0.15) is 5.06 Å². The molecule has 142 valence electrons. The van der Waals surface area contributed by atoms with E-state index < -0.39 is 29.9 Å². The molecule has 1 atom stereocenters. The molecule has 0 aliphatic carbocycles. The van der Waals surface area contributed by atoms with Crippen molar-refractivity contribution in [1.29, 1.82) is 0 Å². The fraction of sp³-hybridized carbons (Fsp3) is 0.467. The van der Waals surface area contributed by atoms with Gasteiger partial charge in [0.2, 0.25) is 0 Å². The van der Waals surface area contributed by atoms with Crippen LogP contribution in [0.1, 0.15) is 0 Å². The molecule has 26 heavy (non-hydrogen) atoms. The number of hydrogen-bond acceptors (Lipinski definition) is 6. The van der Waals surface area contributed by atoms with Gasteiger partial charge in [0.25, 0.3) is 0 Å². The van der Waals surface area contributed by atoms with E-state index in [0.29, 0.717) is 5.06 Å². The van der Waals surface area contributed by atoms with E-state index in [1.165, 1.54) is 4.90 Å². The lowest BCUT2D eigenvalue weighted by Gasteiger charge is -2.24. The number of nitrogens with zero attached hydrogens (tertiary/aromatic N) is 3. The molecule has 0 saturated carbocycles. The van der Waals surface area contributed by atoms with Crippen LogP contribution in [-0.4, -0.2) is 73.0 Å². The first-order valence-electron chi connectivity index (χ1n) is 7.87. The van der Waals surface area contributed by atoms with Gasteiger partial charge in [-0.3, -0.25) is 9.74 Å². The van der Waals surface area contributed by atoms with Crippen LogP contribution in [0.2, 0.25) is 0 Å². The summed E-state index contributed by atoms with van der Waals surface area (Å²) in [5, 5.41) is 18.7. The SMILES string of the molecule is O=C(O)N1CCN(c2c(F)cc(N3C[C@H](CO)OC3=O)cc2F)CCO1. The van der Waals surface area contributed by atoms with Crippen LogP contribution in [0.4, 0.5) is 29.7 Å². The average molecular weight is 373 g/mol. The van der Waals surface area contributed by atoms with Crippen LogP contribution in [0.3, 0.4) is 0 Å². The van der Waals surface area contributed by atoms with Crippen LogP contribution in [0.15, 0.2) is 12.1 Å². The minimum absolute atomic E-state index is 0.0152. The Morgan fingerprint density at radius 1 is 1.23 bits per heavy atom. The molecule has 2 amide bonds. The van der Waals surface area contributed by atoms with Crippen molar-refractivity contribution in [3.8, 4) is 0 Å². The van der Waals surface area contributed by atoms with E-state index in [9.17, 15) is 18.4 Å². The van der Waals surface area contributed by atoms with Gasteiger partial charge in [-0.05, 0) is 0 Å². The van der Waals surface area contributed by atoms with Gasteiger partial charge >= 0.3 is 12.2 Å². The summed E-state index contributed by atoms with van der Waals surface area (Å²) < 4.78 is 34.0. The summed E-state index contributed by atoms with van der Waals surface area (Å²) in [6, 6.07) is 2.00. The van der Waals surface area contributed by atoms with Crippen molar-refractivity contribution in [2.24, 2.45) is 0 Å². The van der Waals surface area contributed by atoms with Crippen molar-refractivity contribution >= 4 is 23.6 Å². The predicted octanol–water partition coefficient (Wildman–Crippen LogP) is 1.01. The lowest BCUT2D eigenvalue weighted by molar-refractivity contribution is -0.119. The number of hydrogen-bond donors (Lipinski definition) is 2. The van der Waals surface area contributed by atoms with Crippen molar-refractivity contribution in [3.63, 3.8) is 0 Å². The van der Waals surface area contributed by atoms with Crippen LogP contribution in [0, 0.1) is 11.6 Å². The van der Waals surface area contributed by atoms with Crippen molar-refractivity contribution in [1.82, 2.24) is 5.06 Å². The molecule has 0 unspecified atom stereocenters. The Bertz CT molecular complexity index is 696. The third kappa shape index (κ3) is 3.48. The molecule has 2 heterocycles. The highest BCUT2D eigenvalue weighted by Crippen LogP contribution is 2.31. The van der Waals surface area contributed by atoms with Crippen LogP contribution in [-0.2, 0) is 9.57 Å². The largest absolute Gasteiger partial charge is 0.463 e. The van der Waals surface area contributed by atoms with E-state index in [0.717, 1.165) is 17.0 Å². The molecule has 2 aliphatic heterocycles. The number of carbonyl (C=O) groups is 2. The van der Waals surface area contributed by atoms with Crippen molar-refractivity contribution in [2.45, 2.75) is 6.10 Å². The Morgan fingerprint density at radius 2 is 1.92 bits per heavy atom. The Balaban J connectivity index is 1.82. The molecular weight excluding hydrogens is 356 g/mol. The molecule has 0 aromatic heterocycles. The quantitative estimate of drug-likeness (QED) is 0.815. The molecule has 0 bridgehead atoms. The third-order valence-electron chi connectivity index (χ3n) is 4.10. The van der Waals surface area contributed by atoms with Crippen LogP contribution >= 0.6 is 0 Å². The Hall–Kier alpha value is -2.66. The lowest BCUT2D eigenvalue weighted by Crippen LogP contribution is -2.34. The number of carboxylic acid groups (broad SMARTS) is 1. The predicted molar refractivity (Wildman–Crippen MR) is 84.0 cm³/mol. The second kappa shape index (κ2) is 7.30. The van der Waals surface area contributed by atoms with Gasteiger partial charge in [0.1, 0.15) is 11.8 Å². The second-order valence-electron chi connectivity index (χ2n) is 5.76. The highest BCUT2D eigenvalue weighted by atomic mass is 19.1. The lowest BCUT2D eigenvalue weighted by atomic mass is 10.2. The van der Waals surface area contributed by atoms with Gasteiger partial charge in [-0.25, -0.2) is 18.4 Å². The molecular formula is C15H17F2N3O6. The molecule has 0 radical (unpaired) electrons. The van der Waals surface area contributed by atoms with Gasteiger partial charge in [-0.15, -0.1) is 0 Å². The van der Waals surface area contributed by atoms with Gasteiger partial charge in [0.05, 0.1) is 32.0 Å². The second-order valence-corrected chi connectivity index (χ2v) is 5.76. The highest BCUT2D eigenvalue weighted by Gasteiger charge is 2.33. The average Bonchev–Trinajstić information content (AvgIpc) is 2.80. The number of anilines is 2. The number of amides is 2. The number of aliphatic hydroxyl groups is 1. The van der Waals surface area contributed by atoms with Crippen LogP contribution < -0.4 is 9.80 Å². The molecule has 3 rings (SSSR count). The number of rotatable bonds is 3. The number of cyclic esters (lactones) is 1. The molecule has 2 N–H and O–H groups in total. The van der Waals surface area contributed by atoms with Gasteiger partial charge < -0.3 is 19.8 Å². The van der Waals surface area contributed by atoms with Gasteiger partial charge in [0, 0.05) is 25.2 Å². The Morgan fingerprint density at radius 3 is 2.50 bits per heavy atom. The van der Waals surface area contributed by atoms with Gasteiger partial charge in [0.15, 0.2) is 11.6 Å². The maximum absolute atomic E-state index is 14.6. The molecule has 1 aromatic carbocycles. The highest BCUT2D eigenvalue weighted by molar-refractivity contribution is 5.90. The molecule has 9 nitrogen and oxygen atoms in total. The first-order valence-corrected chi connectivity index (χ1v) is 7.87. The number of carbonyl (C=O) groups excluding carboxylic acids is 1. The normalized spacial score (nSPS) is 21.0. The zero-order chi connectivity index (χ0) is 18.8. The van der Waals surface area contributed by atoms with E-state index in [4.69, 9.17) is 19.8 Å². The monoisotopic (exact) mass is 373 g/mol. The zero-order valence-electron chi connectivity index (χ0n) is 13.6. The molecule has 0 spiro atoms. The van der Waals surface area contributed by atoms with Crippen LogP contribution in [0.25, 0.3) is 0 Å². The van der Waals surface area contributed by atoms with Crippen LogP contribution in [0.5, 0.6) is 0 Å². The maximum Gasteiger partial charge on any atom is 0.431 e. The van der Waals surface area contributed by atoms with Crippen molar-refractivity contribution in [3.05, 3.63) is 23.8 Å². The van der Waals surface area contributed by atoms with E-state index in [1.54, 1.807) is 0 Å². The minimum Gasteiger partial charge on any atom is -0.463 e. The molecule has 11 heteroatoms. The number of benzene rings is 1. The number of ether oxygens (including phenoxy) is 1. The number of halogens is 2. The van der Waals surface area contributed by atoms with Gasteiger partial charge in [-0.1, -0.05) is 0 Å². The van der Waals surface area contributed by atoms with E-state index >= 15 is 0 Å². The molecule has 1 aromatic rings. The molecule has 2 aliphatic rings. The van der Waals surface area contributed by atoms with E-state index in [-0.39, 0.29) is 50.8 Å². The summed E-state index contributed by atoms with van der Waals surface area (Å²) in [5.41, 5.74) is -0.348. The summed E-state index contributed by atoms with van der Waals surface area (Å²) in [6.45, 7) is -0.402.